The van der Waals surface area contributed by atoms with Gasteiger partial charge in [-0.1, -0.05) is 6.07 Å². The average molecular weight is 492 g/mol. The zero-order valence-corrected chi connectivity index (χ0v) is 19.8. The standard InChI is InChI=1S/C22H20FN3O4.C4H6N2/c1-29-14-22(28)24-13-21(27)26-20-4-2-3-19(25-20)15-5-9-17(10-6-15)30-18-11-7-16(23)8-12-18;1-4-2-5-3-6-4/h2-12H,13-14H2,1H3,(H,24,28)(H,25,26,27);2-3H,1H3,(H,5,6). The second-order valence-corrected chi connectivity index (χ2v) is 7.48. The summed E-state index contributed by atoms with van der Waals surface area (Å²) < 4.78 is 23.3. The van der Waals surface area contributed by atoms with E-state index in [1.54, 1.807) is 48.9 Å². The maximum atomic E-state index is 13.0. The van der Waals surface area contributed by atoms with Gasteiger partial charge >= 0.3 is 0 Å². The number of nitrogens with zero attached hydrogens (tertiary/aromatic N) is 2. The molecule has 0 aliphatic rings. The van der Waals surface area contributed by atoms with Crippen LogP contribution in [-0.2, 0) is 14.3 Å². The Bertz CT molecular complexity index is 1250. The van der Waals surface area contributed by atoms with Gasteiger partial charge in [0.1, 0.15) is 29.7 Å². The van der Waals surface area contributed by atoms with E-state index >= 15 is 0 Å². The zero-order chi connectivity index (χ0) is 25.8. The van der Waals surface area contributed by atoms with Gasteiger partial charge in [0.2, 0.25) is 11.8 Å². The number of carbonyl (C=O) groups excluding carboxylic acids is 2. The minimum absolute atomic E-state index is 0.109. The molecular weight excluding hydrogens is 465 g/mol. The fourth-order valence-corrected chi connectivity index (χ4v) is 2.87. The number of hydrogen-bond acceptors (Lipinski definition) is 6. The fraction of sp³-hybridized carbons (Fsp3) is 0.154. The van der Waals surface area contributed by atoms with Crippen molar-refractivity contribution >= 4 is 17.6 Å². The number of imidazole rings is 1. The van der Waals surface area contributed by atoms with Crippen LogP contribution in [0.3, 0.4) is 0 Å². The molecule has 3 N–H and O–H groups in total. The lowest BCUT2D eigenvalue weighted by Crippen LogP contribution is -2.35. The summed E-state index contributed by atoms with van der Waals surface area (Å²) in [5, 5.41) is 5.08. The van der Waals surface area contributed by atoms with Crippen molar-refractivity contribution in [2.45, 2.75) is 6.92 Å². The molecule has 0 atom stereocenters. The molecule has 36 heavy (non-hydrogen) atoms. The molecule has 0 saturated carbocycles. The number of pyridine rings is 1. The smallest absolute Gasteiger partial charge is 0.246 e. The Hall–Kier alpha value is -4.57. The number of H-pyrrole nitrogens is 1. The zero-order valence-electron chi connectivity index (χ0n) is 19.8. The highest BCUT2D eigenvalue weighted by Crippen LogP contribution is 2.25. The average Bonchev–Trinajstić information content (AvgIpc) is 3.36. The molecule has 2 aromatic heterocycles. The first-order valence-electron chi connectivity index (χ1n) is 10.9. The Labute approximate surface area is 207 Å². The molecule has 0 bridgehead atoms. The molecule has 0 aliphatic heterocycles. The molecular formula is C26H26FN5O4. The molecule has 4 aromatic rings. The van der Waals surface area contributed by atoms with Crippen LogP contribution in [0.4, 0.5) is 10.2 Å². The number of aryl methyl sites for hydroxylation is 1. The molecule has 0 saturated heterocycles. The first kappa shape index (κ1) is 26.0. The number of methoxy groups -OCH3 is 1. The Balaban J connectivity index is 0.000000526. The number of amides is 2. The Morgan fingerprint density at radius 1 is 0.972 bits per heavy atom. The highest BCUT2D eigenvalue weighted by molar-refractivity contribution is 5.94. The van der Waals surface area contributed by atoms with E-state index in [1.807, 2.05) is 25.1 Å². The second-order valence-electron chi connectivity index (χ2n) is 7.48. The summed E-state index contributed by atoms with van der Waals surface area (Å²) in [5.41, 5.74) is 2.59. The van der Waals surface area contributed by atoms with Gasteiger partial charge in [0.15, 0.2) is 0 Å². The molecule has 9 nitrogen and oxygen atoms in total. The van der Waals surface area contributed by atoms with Crippen LogP contribution in [0.25, 0.3) is 11.3 Å². The van der Waals surface area contributed by atoms with Crippen molar-refractivity contribution in [2.24, 2.45) is 0 Å². The van der Waals surface area contributed by atoms with Crippen LogP contribution in [0, 0.1) is 12.7 Å². The third-order valence-corrected chi connectivity index (χ3v) is 4.57. The summed E-state index contributed by atoms with van der Waals surface area (Å²) in [4.78, 5) is 34.4. The maximum Gasteiger partial charge on any atom is 0.246 e. The van der Waals surface area contributed by atoms with Crippen LogP contribution in [0.15, 0.2) is 79.3 Å². The Morgan fingerprint density at radius 3 is 2.25 bits per heavy atom. The molecule has 0 radical (unpaired) electrons. The van der Waals surface area contributed by atoms with E-state index in [1.165, 1.54) is 19.2 Å². The van der Waals surface area contributed by atoms with E-state index in [9.17, 15) is 14.0 Å². The molecule has 2 amide bonds. The number of aromatic nitrogens is 3. The minimum Gasteiger partial charge on any atom is -0.457 e. The number of ether oxygens (including phenoxy) is 2. The Morgan fingerprint density at radius 2 is 1.67 bits per heavy atom. The molecule has 0 aliphatic carbocycles. The predicted octanol–water partition coefficient (Wildman–Crippen LogP) is 4.10. The van der Waals surface area contributed by atoms with Crippen molar-refractivity contribution in [3.8, 4) is 22.8 Å². The van der Waals surface area contributed by atoms with Gasteiger partial charge in [-0.3, -0.25) is 9.59 Å². The van der Waals surface area contributed by atoms with Crippen LogP contribution in [0.2, 0.25) is 0 Å². The van der Waals surface area contributed by atoms with Crippen LogP contribution >= 0.6 is 0 Å². The molecule has 0 spiro atoms. The highest BCUT2D eigenvalue weighted by atomic mass is 19.1. The topological polar surface area (TPSA) is 118 Å². The molecule has 0 unspecified atom stereocenters. The van der Waals surface area contributed by atoms with Crippen LogP contribution in [-0.4, -0.2) is 47.0 Å². The fourth-order valence-electron chi connectivity index (χ4n) is 2.87. The van der Waals surface area contributed by atoms with Crippen molar-refractivity contribution < 1.29 is 23.5 Å². The van der Waals surface area contributed by atoms with Crippen molar-refractivity contribution in [3.05, 3.63) is 90.8 Å². The predicted molar refractivity (Wildman–Crippen MR) is 133 cm³/mol. The lowest BCUT2D eigenvalue weighted by atomic mass is 10.1. The number of hydrogen-bond donors (Lipinski definition) is 3. The summed E-state index contributed by atoms with van der Waals surface area (Å²) in [6.07, 6.45) is 3.44. The monoisotopic (exact) mass is 491 g/mol. The molecule has 2 aromatic carbocycles. The summed E-state index contributed by atoms with van der Waals surface area (Å²) >= 11 is 0. The molecule has 2 heterocycles. The van der Waals surface area contributed by atoms with E-state index in [2.05, 4.69) is 30.3 Å². The SMILES string of the molecule is COCC(=O)NCC(=O)Nc1cccc(-c2ccc(Oc3ccc(F)cc3)cc2)n1.Cc1cnc[nH]1. The first-order chi connectivity index (χ1) is 17.4. The van der Waals surface area contributed by atoms with E-state index in [-0.39, 0.29) is 24.9 Å². The second kappa shape index (κ2) is 13.4. The quantitative estimate of drug-likeness (QED) is 0.342. The van der Waals surface area contributed by atoms with Crippen molar-refractivity contribution in [1.82, 2.24) is 20.3 Å². The third-order valence-electron chi connectivity index (χ3n) is 4.57. The normalized spacial score (nSPS) is 10.1. The lowest BCUT2D eigenvalue weighted by molar-refractivity contribution is -0.127. The number of benzene rings is 2. The number of carbonyl (C=O) groups is 2. The number of anilines is 1. The van der Waals surface area contributed by atoms with Gasteiger partial charge in [-0.05, 0) is 67.6 Å². The maximum absolute atomic E-state index is 13.0. The van der Waals surface area contributed by atoms with Crippen LogP contribution in [0.1, 0.15) is 5.69 Å². The van der Waals surface area contributed by atoms with E-state index in [4.69, 9.17) is 4.74 Å². The summed E-state index contributed by atoms with van der Waals surface area (Å²) in [6.45, 7) is 1.68. The van der Waals surface area contributed by atoms with Crippen molar-refractivity contribution in [1.29, 1.82) is 0 Å². The van der Waals surface area contributed by atoms with E-state index in [0.717, 1.165) is 11.3 Å². The minimum atomic E-state index is -0.396. The van der Waals surface area contributed by atoms with Gasteiger partial charge in [-0.2, -0.15) is 0 Å². The van der Waals surface area contributed by atoms with E-state index in [0.29, 0.717) is 23.0 Å². The van der Waals surface area contributed by atoms with Gasteiger partial charge in [-0.25, -0.2) is 14.4 Å². The van der Waals surface area contributed by atoms with Crippen LogP contribution in [0.5, 0.6) is 11.5 Å². The van der Waals surface area contributed by atoms with Gasteiger partial charge in [0, 0.05) is 24.6 Å². The highest BCUT2D eigenvalue weighted by Gasteiger charge is 2.08. The summed E-state index contributed by atoms with van der Waals surface area (Å²) in [7, 11) is 1.40. The number of aromatic amines is 1. The van der Waals surface area contributed by atoms with Gasteiger partial charge in [0.05, 0.1) is 18.6 Å². The lowest BCUT2D eigenvalue weighted by Gasteiger charge is -2.09. The van der Waals surface area contributed by atoms with E-state index < -0.39 is 5.91 Å². The Kier molecular flexibility index (Phi) is 9.66. The van der Waals surface area contributed by atoms with Gasteiger partial charge in [0.25, 0.3) is 0 Å². The van der Waals surface area contributed by atoms with Crippen molar-refractivity contribution in [3.63, 3.8) is 0 Å². The first-order valence-corrected chi connectivity index (χ1v) is 10.9. The van der Waals surface area contributed by atoms with Crippen molar-refractivity contribution in [2.75, 3.05) is 25.6 Å². The molecule has 10 heteroatoms. The molecule has 186 valence electrons. The number of rotatable bonds is 8. The molecule has 4 rings (SSSR count). The number of halogens is 1. The van der Waals surface area contributed by atoms with Crippen LogP contribution < -0.4 is 15.4 Å². The third kappa shape index (κ3) is 8.65. The number of nitrogens with one attached hydrogen (secondary N) is 3. The van der Waals surface area contributed by atoms with Gasteiger partial charge in [-0.15, -0.1) is 0 Å². The summed E-state index contributed by atoms with van der Waals surface area (Å²) in [6, 6.07) is 18.2. The van der Waals surface area contributed by atoms with Gasteiger partial charge < -0.3 is 25.1 Å². The largest absolute Gasteiger partial charge is 0.457 e. The molecule has 0 fully saturated rings. The summed E-state index contributed by atoms with van der Waals surface area (Å²) in [5.74, 6) is 0.397.